The molecule has 0 fully saturated rings. The third kappa shape index (κ3) is 2.25. The van der Waals surface area contributed by atoms with Crippen LogP contribution in [0.3, 0.4) is 0 Å². The lowest BCUT2D eigenvalue weighted by Gasteiger charge is -2.12. The molecule has 0 aliphatic heterocycles. The molecule has 0 saturated carbocycles. The standard InChI is InChI=1S/C13H16N2O2/c1-9-10(7-8-15(2)13(16)17)11-5-3-4-6-12(11)14-9/h3-6,14H,7-8H2,1-2H3,(H,16,17). The molecule has 1 heterocycles. The number of aromatic amines is 1. The lowest BCUT2D eigenvalue weighted by molar-refractivity contribution is 0.156. The van der Waals surface area contributed by atoms with E-state index in [1.165, 1.54) is 15.8 Å². The molecule has 0 spiro atoms. The summed E-state index contributed by atoms with van der Waals surface area (Å²) in [5.74, 6) is 0. The van der Waals surface area contributed by atoms with Crippen molar-refractivity contribution >= 4 is 17.0 Å². The van der Waals surface area contributed by atoms with Gasteiger partial charge in [-0.15, -0.1) is 0 Å². The number of para-hydroxylation sites is 1. The Bertz CT molecular complexity index is 545. The van der Waals surface area contributed by atoms with E-state index in [9.17, 15) is 4.79 Å². The summed E-state index contributed by atoms with van der Waals surface area (Å²) in [7, 11) is 1.59. The van der Waals surface area contributed by atoms with Gasteiger partial charge in [0.05, 0.1) is 0 Å². The number of amides is 1. The molecule has 2 rings (SSSR count). The number of hydrogen-bond acceptors (Lipinski definition) is 1. The highest BCUT2D eigenvalue weighted by molar-refractivity contribution is 5.84. The number of benzene rings is 1. The van der Waals surface area contributed by atoms with Crippen molar-refractivity contribution < 1.29 is 9.90 Å². The Hall–Kier alpha value is -1.97. The Morgan fingerprint density at radius 2 is 2.12 bits per heavy atom. The fraction of sp³-hybridized carbons (Fsp3) is 0.308. The van der Waals surface area contributed by atoms with Crippen LogP contribution in [0.5, 0.6) is 0 Å². The van der Waals surface area contributed by atoms with Crippen LogP contribution in [0.25, 0.3) is 10.9 Å². The SMILES string of the molecule is Cc1[nH]c2ccccc2c1CCN(C)C(=O)O. The van der Waals surface area contributed by atoms with Crippen LogP contribution in [0, 0.1) is 6.92 Å². The molecule has 4 heteroatoms. The van der Waals surface area contributed by atoms with Crippen LogP contribution in [0.1, 0.15) is 11.3 Å². The van der Waals surface area contributed by atoms with Crippen molar-refractivity contribution in [3.05, 3.63) is 35.5 Å². The van der Waals surface area contributed by atoms with Gasteiger partial charge in [0.25, 0.3) is 0 Å². The maximum Gasteiger partial charge on any atom is 0.407 e. The third-order valence-electron chi connectivity index (χ3n) is 3.05. The zero-order valence-corrected chi connectivity index (χ0v) is 10.0. The summed E-state index contributed by atoms with van der Waals surface area (Å²) < 4.78 is 0. The number of nitrogens with one attached hydrogen (secondary N) is 1. The number of likely N-dealkylation sites (N-methyl/N-ethyl adjacent to an activating group) is 1. The fourth-order valence-corrected chi connectivity index (χ4v) is 2.03. The highest BCUT2D eigenvalue weighted by Crippen LogP contribution is 2.22. The van der Waals surface area contributed by atoms with E-state index in [1.54, 1.807) is 7.05 Å². The van der Waals surface area contributed by atoms with Crippen molar-refractivity contribution in [3.8, 4) is 0 Å². The second-order valence-electron chi connectivity index (χ2n) is 4.23. The van der Waals surface area contributed by atoms with E-state index in [1.807, 2.05) is 25.1 Å². The predicted octanol–water partition coefficient (Wildman–Crippen LogP) is 2.63. The van der Waals surface area contributed by atoms with Gasteiger partial charge >= 0.3 is 6.09 Å². The second-order valence-corrected chi connectivity index (χ2v) is 4.23. The summed E-state index contributed by atoms with van der Waals surface area (Å²) >= 11 is 0. The number of H-pyrrole nitrogens is 1. The molecule has 4 nitrogen and oxygen atoms in total. The van der Waals surface area contributed by atoms with Crippen LogP contribution in [-0.2, 0) is 6.42 Å². The number of aryl methyl sites for hydroxylation is 1. The van der Waals surface area contributed by atoms with Gasteiger partial charge in [0.15, 0.2) is 0 Å². The Morgan fingerprint density at radius 1 is 1.41 bits per heavy atom. The first-order valence-corrected chi connectivity index (χ1v) is 5.60. The Kier molecular flexibility index (Phi) is 3.04. The maximum atomic E-state index is 10.7. The Balaban J connectivity index is 2.23. The van der Waals surface area contributed by atoms with Gasteiger partial charge in [0.2, 0.25) is 0 Å². The van der Waals surface area contributed by atoms with Crippen LogP contribution in [-0.4, -0.2) is 34.7 Å². The predicted molar refractivity (Wildman–Crippen MR) is 67.4 cm³/mol. The van der Waals surface area contributed by atoms with Crippen molar-refractivity contribution in [2.75, 3.05) is 13.6 Å². The molecule has 0 aliphatic rings. The van der Waals surface area contributed by atoms with E-state index >= 15 is 0 Å². The van der Waals surface area contributed by atoms with Crippen molar-refractivity contribution in [3.63, 3.8) is 0 Å². The minimum absolute atomic E-state index is 0.512. The summed E-state index contributed by atoms with van der Waals surface area (Å²) in [4.78, 5) is 15.3. The average Bonchev–Trinajstić information content (AvgIpc) is 2.61. The number of rotatable bonds is 3. The van der Waals surface area contributed by atoms with Crippen molar-refractivity contribution in [2.24, 2.45) is 0 Å². The molecule has 0 unspecified atom stereocenters. The molecular weight excluding hydrogens is 216 g/mol. The van der Waals surface area contributed by atoms with Crippen molar-refractivity contribution in [2.45, 2.75) is 13.3 Å². The van der Waals surface area contributed by atoms with Crippen LogP contribution < -0.4 is 0 Å². The molecule has 0 aliphatic carbocycles. The molecule has 0 bridgehead atoms. The van der Waals surface area contributed by atoms with Crippen LogP contribution >= 0.6 is 0 Å². The molecule has 1 aromatic heterocycles. The molecule has 2 N–H and O–H groups in total. The lowest BCUT2D eigenvalue weighted by atomic mass is 10.1. The summed E-state index contributed by atoms with van der Waals surface area (Å²) in [6.45, 7) is 2.54. The van der Waals surface area contributed by atoms with Gasteiger partial charge < -0.3 is 15.0 Å². The van der Waals surface area contributed by atoms with E-state index in [2.05, 4.69) is 11.1 Å². The largest absolute Gasteiger partial charge is 0.465 e. The number of carbonyl (C=O) groups is 1. The normalized spacial score (nSPS) is 10.7. The number of carboxylic acid groups (broad SMARTS) is 1. The van der Waals surface area contributed by atoms with Crippen molar-refractivity contribution in [1.29, 1.82) is 0 Å². The molecule has 2 aromatic rings. The molecular formula is C13H16N2O2. The number of aromatic nitrogens is 1. The van der Waals surface area contributed by atoms with E-state index in [-0.39, 0.29) is 0 Å². The van der Waals surface area contributed by atoms with E-state index in [0.717, 1.165) is 17.6 Å². The highest BCUT2D eigenvalue weighted by atomic mass is 16.4. The van der Waals surface area contributed by atoms with Gasteiger partial charge in [-0.05, 0) is 25.0 Å². The number of hydrogen-bond donors (Lipinski definition) is 2. The van der Waals surface area contributed by atoms with Gasteiger partial charge in [-0.25, -0.2) is 4.79 Å². The monoisotopic (exact) mass is 232 g/mol. The topological polar surface area (TPSA) is 56.3 Å². The first-order chi connectivity index (χ1) is 8.09. The minimum Gasteiger partial charge on any atom is -0.465 e. The molecule has 0 atom stereocenters. The summed E-state index contributed by atoms with van der Waals surface area (Å²) in [6.07, 6.45) is -0.152. The first kappa shape index (κ1) is 11.5. The van der Waals surface area contributed by atoms with Gasteiger partial charge in [0.1, 0.15) is 0 Å². The number of nitrogens with zero attached hydrogens (tertiary/aromatic N) is 1. The Morgan fingerprint density at radius 3 is 2.82 bits per heavy atom. The third-order valence-corrected chi connectivity index (χ3v) is 3.05. The van der Waals surface area contributed by atoms with Crippen LogP contribution in [0.2, 0.25) is 0 Å². The van der Waals surface area contributed by atoms with E-state index in [4.69, 9.17) is 5.11 Å². The van der Waals surface area contributed by atoms with Crippen LogP contribution in [0.4, 0.5) is 4.79 Å². The maximum absolute atomic E-state index is 10.7. The summed E-state index contributed by atoms with van der Waals surface area (Å²) in [6, 6.07) is 8.09. The molecule has 1 amide bonds. The Labute approximate surface area is 99.9 Å². The minimum atomic E-state index is -0.887. The van der Waals surface area contributed by atoms with E-state index < -0.39 is 6.09 Å². The van der Waals surface area contributed by atoms with Gasteiger partial charge in [-0.2, -0.15) is 0 Å². The summed E-state index contributed by atoms with van der Waals surface area (Å²) in [5, 5.41) is 10.00. The molecule has 0 saturated heterocycles. The zero-order chi connectivity index (χ0) is 12.4. The second kappa shape index (κ2) is 4.49. The number of fused-ring (bicyclic) bond motifs is 1. The van der Waals surface area contributed by atoms with E-state index in [0.29, 0.717) is 6.54 Å². The molecule has 1 aromatic carbocycles. The smallest absolute Gasteiger partial charge is 0.407 e. The quantitative estimate of drug-likeness (QED) is 0.854. The zero-order valence-electron chi connectivity index (χ0n) is 10.0. The van der Waals surface area contributed by atoms with Gasteiger partial charge in [-0.1, -0.05) is 18.2 Å². The fourth-order valence-electron chi connectivity index (χ4n) is 2.03. The van der Waals surface area contributed by atoms with Crippen LogP contribution in [0.15, 0.2) is 24.3 Å². The average molecular weight is 232 g/mol. The summed E-state index contributed by atoms with van der Waals surface area (Å²) in [5.41, 5.74) is 3.43. The van der Waals surface area contributed by atoms with Crippen molar-refractivity contribution in [1.82, 2.24) is 9.88 Å². The van der Waals surface area contributed by atoms with Gasteiger partial charge in [-0.3, -0.25) is 0 Å². The lowest BCUT2D eigenvalue weighted by Crippen LogP contribution is -2.26. The molecule has 17 heavy (non-hydrogen) atoms. The highest BCUT2D eigenvalue weighted by Gasteiger charge is 2.10. The van der Waals surface area contributed by atoms with Gasteiger partial charge in [0, 0.05) is 30.2 Å². The molecule has 0 radical (unpaired) electrons. The first-order valence-electron chi connectivity index (χ1n) is 5.60. The molecule has 90 valence electrons.